The van der Waals surface area contributed by atoms with Gasteiger partial charge in [0.05, 0.1) is 19.0 Å². The average molecular weight is 308 g/mol. The predicted molar refractivity (Wildman–Crippen MR) is 94.8 cm³/mol. The summed E-state index contributed by atoms with van der Waals surface area (Å²) >= 11 is 1.56. The van der Waals surface area contributed by atoms with Crippen LogP contribution in [0.1, 0.15) is 46.1 Å². The van der Waals surface area contributed by atoms with Crippen LogP contribution in [0.4, 0.5) is 5.69 Å². The number of methoxy groups -OCH3 is 1. The first-order valence-electron chi connectivity index (χ1n) is 7.55. The summed E-state index contributed by atoms with van der Waals surface area (Å²) in [5.74, 6) is 1.37. The lowest BCUT2D eigenvalue weighted by Gasteiger charge is -2.41. The van der Waals surface area contributed by atoms with Gasteiger partial charge in [-0.05, 0) is 30.2 Å². The normalized spacial score (nSPS) is 16.9. The van der Waals surface area contributed by atoms with Gasteiger partial charge in [-0.25, -0.2) is 4.98 Å². The molecule has 0 atom stereocenters. The second-order valence-corrected chi connectivity index (χ2v) is 6.43. The highest BCUT2D eigenvalue weighted by molar-refractivity contribution is 7.99. The van der Waals surface area contributed by atoms with E-state index >= 15 is 0 Å². The predicted octanol–water partition coefficient (Wildman–Crippen LogP) is 5.26. The van der Waals surface area contributed by atoms with E-state index in [4.69, 9.17) is 4.74 Å². The van der Waals surface area contributed by atoms with Crippen LogP contribution in [0.15, 0.2) is 18.3 Å². The summed E-state index contributed by atoms with van der Waals surface area (Å²) in [6.07, 6.45) is 10.7. The lowest BCUT2D eigenvalue weighted by Crippen LogP contribution is -2.29. The zero-order valence-electron chi connectivity index (χ0n) is 14.1. The van der Waals surface area contributed by atoms with E-state index in [1.165, 1.54) is 12.8 Å². The topological polar surface area (TPSA) is 34.1 Å². The van der Waals surface area contributed by atoms with Crippen LogP contribution in [0, 0.1) is 11.3 Å². The number of nitrogens with one attached hydrogen (secondary N) is 1. The molecule has 2 rings (SSSR count). The van der Waals surface area contributed by atoms with Crippen molar-refractivity contribution in [1.82, 2.24) is 4.98 Å². The van der Waals surface area contributed by atoms with E-state index in [0.29, 0.717) is 17.2 Å². The fourth-order valence-corrected chi connectivity index (χ4v) is 3.02. The molecule has 0 amide bonds. The second kappa shape index (κ2) is 8.32. The van der Waals surface area contributed by atoms with Crippen molar-refractivity contribution >= 4 is 23.7 Å². The molecule has 0 aliphatic heterocycles. The number of allylic oxidation sites excluding steroid dienone is 1. The molecule has 1 heterocycles. The lowest BCUT2D eigenvalue weighted by atomic mass is 9.64. The Kier molecular flexibility index (Phi) is 7.09. The van der Waals surface area contributed by atoms with Crippen LogP contribution in [0.3, 0.4) is 0 Å². The zero-order chi connectivity index (χ0) is 15.9. The van der Waals surface area contributed by atoms with Crippen LogP contribution in [-0.4, -0.2) is 18.3 Å². The van der Waals surface area contributed by atoms with Gasteiger partial charge in [-0.1, -0.05) is 51.8 Å². The van der Waals surface area contributed by atoms with Gasteiger partial charge in [0, 0.05) is 11.8 Å². The summed E-state index contributed by atoms with van der Waals surface area (Å²) in [5.41, 5.74) is 2.55. The van der Waals surface area contributed by atoms with Gasteiger partial charge < -0.3 is 9.46 Å². The monoisotopic (exact) mass is 308 g/mol. The number of pyridine rings is 1. The summed E-state index contributed by atoms with van der Waals surface area (Å²) in [6.45, 7) is 8.64. The quantitative estimate of drug-likeness (QED) is 0.753. The average Bonchev–Trinajstić information content (AvgIpc) is 2.45. The molecule has 1 N–H and O–H groups in total. The van der Waals surface area contributed by atoms with Crippen molar-refractivity contribution in [3.63, 3.8) is 0 Å². The fraction of sp³-hybridized carbons (Fsp3) is 0.588. The van der Waals surface area contributed by atoms with E-state index in [2.05, 4.69) is 41.8 Å². The summed E-state index contributed by atoms with van der Waals surface area (Å²) in [4.78, 5) is 4.32. The van der Waals surface area contributed by atoms with Crippen molar-refractivity contribution in [1.29, 1.82) is 0 Å². The molecule has 1 saturated carbocycles. The standard InChI is InChI=1S/C15H22N2OS.C2H6/c1-15(2)8-11(9-15)5-6-12-7-13(17-19-4)10-16-14(12)18-3;1-2/h5-7,10-11,17H,8-9H2,1-4H3;1-2H3/b6-5+;. The minimum Gasteiger partial charge on any atom is -0.481 e. The van der Waals surface area contributed by atoms with Gasteiger partial charge >= 0.3 is 0 Å². The summed E-state index contributed by atoms with van der Waals surface area (Å²) in [6, 6.07) is 2.07. The Morgan fingerprint density at radius 3 is 2.57 bits per heavy atom. The van der Waals surface area contributed by atoms with Gasteiger partial charge in [0.25, 0.3) is 0 Å². The molecule has 0 saturated heterocycles. The van der Waals surface area contributed by atoms with Crippen LogP contribution in [-0.2, 0) is 0 Å². The highest BCUT2D eigenvalue weighted by atomic mass is 32.2. The molecule has 0 spiro atoms. The number of aromatic nitrogens is 1. The highest BCUT2D eigenvalue weighted by Gasteiger charge is 2.34. The maximum absolute atomic E-state index is 5.31. The Morgan fingerprint density at radius 1 is 1.38 bits per heavy atom. The number of hydrogen-bond acceptors (Lipinski definition) is 4. The Hall–Kier alpha value is -1.16. The van der Waals surface area contributed by atoms with Gasteiger partial charge in [0.1, 0.15) is 0 Å². The molecular weight excluding hydrogens is 280 g/mol. The minimum atomic E-state index is 0.513. The molecule has 3 nitrogen and oxygen atoms in total. The third kappa shape index (κ3) is 5.27. The van der Waals surface area contributed by atoms with E-state index < -0.39 is 0 Å². The Bertz CT molecular complexity index is 464. The Balaban J connectivity index is 0.00000106. The molecule has 4 heteroatoms. The first kappa shape index (κ1) is 17.9. The maximum atomic E-state index is 5.31. The van der Waals surface area contributed by atoms with E-state index in [0.717, 1.165) is 11.3 Å². The first-order valence-corrected chi connectivity index (χ1v) is 8.78. The van der Waals surface area contributed by atoms with E-state index in [1.54, 1.807) is 25.3 Å². The van der Waals surface area contributed by atoms with Crippen molar-refractivity contribution in [3.8, 4) is 5.88 Å². The smallest absolute Gasteiger partial charge is 0.220 e. The highest BCUT2D eigenvalue weighted by Crippen LogP contribution is 2.45. The van der Waals surface area contributed by atoms with Crippen LogP contribution >= 0.6 is 11.9 Å². The maximum Gasteiger partial charge on any atom is 0.220 e. The summed E-state index contributed by atoms with van der Waals surface area (Å²) in [7, 11) is 1.66. The molecule has 1 aliphatic carbocycles. The Labute approximate surface area is 133 Å². The van der Waals surface area contributed by atoms with E-state index in [1.807, 2.05) is 20.1 Å². The van der Waals surface area contributed by atoms with Crippen molar-refractivity contribution in [3.05, 3.63) is 23.9 Å². The molecule has 0 radical (unpaired) electrons. The van der Waals surface area contributed by atoms with Gasteiger partial charge in [0.2, 0.25) is 5.88 Å². The molecule has 1 fully saturated rings. The van der Waals surface area contributed by atoms with Gasteiger partial charge in [-0.3, -0.25) is 0 Å². The summed E-state index contributed by atoms with van der Waals surface area (Å²) in [5, 5.41) is 0. The van der Waals surface area contributed by atoms with E-state index in [9.17, 15) is 0 Å². The van der Waals surface area contributed by atoms with Gasteiger partial charge in [-0.2, -0.15) is 0 Å². The van der Waals surface area contributed by atoms with Crippen LogP contribution in [0.25, 0.3) is 6.08 Å². The number of anilines is 1. The molecule has 1 aromatic rings. The van der Waals surface area contributed by atoms with Gasteiger partial charge in [-0.15, -0.1) is 0 Å². The number of hydrogen-bond donors (Lipinski definition) is 1. The Morgan fingerprint density at radius 2 is 2.05 bits per heavy atom. The van der Waals surface area contributed by atoms with E-state index in [-0.39, 0.29) is 0 Å². The summed E-state index contributed by atoms with van der Waals surface area (Å²) < 4.78 is 8.50. The molecule has 0 unspecified atom stereocenters. The first-order chi connectivity index (χ1) is 10.0. The van der Waals surface area contributed by atoms with Crippen LogP contribution in [0.2, 0.25) is 0 Å². The van der Waals surface area contributed by atoms with Crippen molar-refractivity contribution in [2.75, 3.05) is 18.1 Å². The second-order valence-electron chi connectivity index (χ2n) is 5.82. The third-order valence-corrected chi connectivity index (χ3v) is 3.91. The lowest BCUT2D eigenvalue weighted by molar-refractivity contribution is 0.132. The molecule has 21 heavy (non-hydrogen) atoms. The molecule has 0 bridgehead atoms. The van der Waals surface area contributed by atoms with Crippen molar-refractivity contribution in [2.45, 2.75) is 40.5 Å². The van der Waals surface area contributed by atoms with Crippen LogP contribution in [0.5, 0.6) is 5.88 Å². The number of nitrogens with zero attached hydrogens (tertiary/aromatic N) is 1. The molecule has 1 aliphatic rings. The third-order valence-electron chi connectivity index (χ3n) is 3.47. The van der Waals surface area contributed by atoms with Crippen molar-refractivity contribution in [2.24, 2.45) is 11.3 Å². The molecule has 1 aromatic heterocycles. The van der Waals surface area contributed by atoms with Crippen LogP contribution < -0.4 is 9.46 Å². The zero-order valence-corrected chi connectivity index (χ0v) is 14.9. The molecule has 0 aromatic carbocycles. The van der Waals surface area contributed by atoms with Gasteiger partial charge in [0.15, 0.2) is 0 Å². The fourth-order valence-electron chi connectivity index (χ4n) is 2.67. The molecular formula is C17H28N2OS. The minimum absolute atomic E-state index is 0.513. The largest absolute Gasteiger partial charge is 0.481 e. The number of ether oxygens (including phenoxy) is 1. The van der Waals surface area contributed by atoms with Crippen molar-refractivity contribution < 1.29 is 4.74 Å². The SMILES string of the molecule is CC.COc1ncc(NSC)cc1/C=C/C1CC(C)(C)C1. The molecule has 118 valence electrons. The number of rotatable bonds is 5.